The van der Waals surface area contributed by atoms with Gasteiger partial charge in [-0.25, -0.2) is 4.79 Å². The van der Waals surface area contributed by atoms with Crippen LogP contribution in [0.4, 0.5) is 0 Å². The van der Waals surface area contributed by atoms with Crippen LogP contribution in [-0.2, 0) is 29.2 Å². The fourth-order valence-corrected chi connectivity index (χ4v) is 4.34. The molecular formula is C17H24N2O10S2. The Morgan fingerprint density at radius 1 is 1.26 bits per heavy atom. The highest BCUT2D eigenvalue weighted by Gasteiger charge is 2.51. The number of hydrogen-bond donors (Lipinski definition) is 3. The molecule has 8 N–H and O–H groups in total. The monoisotopic (exact) mass is 480 g/mol. The first-order chi connectivity index (χ1) is 13.4. The number of carbonyl (C=O) groups excluding carboxylic acids is 2. The SMILES string of the molecule is CC(=O)OCC1=C(C(=O)O)N2C(=O)C(N)[C@@H]2SC1.Cc1ccc(S(=O)(=O)O)cc1.O.O. The van der Waals surface area contributed by atoms with E-state index >= 15 is 0 Å². The van der Waals surface area contributed by atoms with Gasteiger partial charge >= 0.3 is 11.9 Å². The second-order valence-corrected chi connectivity index (χ2v) is 8.79. The molecule has 1 fully saturated rings. The molecule has 2 atom stereocenters. The quantitative estimate of drug-likeness (QED) is 0.262. The number of carboxylic acids is 1. The number of carboxylic acid groups (broad SMARTS) is 1. The summed E-state index contributed by atoms with van der Waals surface area (Å²) in [5, 5.41) is 8.83. The van der Waals surface area contributed by atoms with Gasteiger partial charge in [-0.15, -0.1) is 11.8 Å². The van der Waals surface area contributed by atoms with Crippen LogP contribution in [0.25, 0.3) is 0 Å². The Morgan fingerprint density at radius 2 is 1.81 bits per heavy atom. The Balaban J connectivity index is 0.000000603. The number of amides is 1. The highest BCUT2D eigenvalue weighted by molar-refractivity contribution is 8.00. The van der Waals surface area contributed by atoms with E-state index in [9.17, 15) is 22.8 Å². The summed E-state index contributed by atoms with van der Waals surface area (Å²) in [6.07, 6.45) is 0. The highest BCUT2D eigenvalue weighted by Crippen LogP contribution is 2.39. The summed E-state index contributed by atoms with van der Waals surface area (Å²) in [5.41, 5.74) is 6.86. The molecule has 1 aromatic rings. The lowest BCUT2D eigenvalue weighted by atomic mass is 10.0. The summed E-state index contributed by atoms with van der Waals surface area (Å²) < 4.78 is 34.3. The molecular weight excluding hydrogens is 456 g/mol. The van der Waals surface area contributed by atoms with Gasteiger partial charge in [-0.2, -0.15) is 8.42 Å². The second kappa shape index (κ2) is 11.2. The van der Waals surface area contributed by atoms with Crippen molar-refractivity contribution in [1.29, 1.82) is 0 Å². The van der Waals surface area contributed by atoms with E-state index in [0.29, 0.717) is 11.3 Å². The van der Waals surface area contributed by atoms with Gasteiger partial charge in [-0.1, -0.05) is 17.7 Å². The van der Waals surface area contributed by atoms with Crippen LogP contribution in [0.2, 0.25) is 0 Å². The van der Waals surface area contributed by atoms with Crippen molar-refractivity contribution in [2.45, 2.75) is 30.2 Å². The number of carbonyl (C=O) groups is 3. The maximum Gasteiger partial charge on any atom is 0.352 e. The first-order valence-electron chi connectivity index (χ1n) is 8.26. The summed E-state index contributed by atoms with van der Waals surface area (Å²) in [6, 6.07) is 5.33. The van der Waals surface area contributed by atoms with Crippen LogP contribution in [0, 0.1) is 6.92 Å². The zero-order valence-corrected chi connectivity index (χ0v) is 18.2. The van der Waals surface area contributed by atoms with Gasteiger partial charge in [-0.3, -0.25) is 19.0 Å². The average Bonchev–Trinajstić information content (AvgIpc) is 2.64. The molecule has 0 bridgehead atoms. The molecule has 14 heteroatoms. The molecule has 0 saturated carbocycles. The molecule has 1 amide bonds. The van der Waals surface area contributed by atoms with Crippen molar-refractivity contribution in [2.75, 3.05) is 12.4 Å². The van der Waals surface area contributed by atoms with Gasteiger partial charge in [0.2, 0.25) is 5.91 Å². The number of fused-ring (bicyclic) bond motifs is 1. The van der Waals surface area contributed by atoms with Crippen molar-refractivity contribution in [3.63, 3.8) is 0 Å². The topological polar surface area (TPSA) is 227 Å². The normalized spacial score (nSPS) is 19.5. The minimum Gasteiger partial charge on any atom is -0.477 e. The lowest BCUT2D eigenvalue weighted by molar-refractivity contribution is -0.148. The van der Waals surface area contributed by atoms with Crippen LogP contribution in [0.1, 0.15) is 12.5 Å². The van der Waals surface area contributed by atoms with E-state index in [4.69, 9.17) is 20.1 Å². The third kappa shape index (κ3) is 6.75. The fourth-order valence-electron chi connectivity index (χ4n) is 2.59. The summed E-state index contributed by atoms with van der Waals surface area (Å²) in [7, 11) is -4.02. The zero-order valence-electron chi connectivity index (χ0n) is 16.6. The Hall–Kier alpha value is -2.49. The third-order valence-corrected chi connectivity index (χ3v) is 6.29. The number of hydrogen-bond acceptors (Lipinski definition) is 8. The minimum atomic E-state index is -4.02. The fraction of sp³-hybridized carbons (Fsp3) is 0.353. The standard InChI is InChI=1S/C10H12N2O5S.C7H8O3S.2H2O/c1-4(13)17-2-5-3-18-9-6(11)8(14)12(9)7(5)10(15)16;1-6-2-4-7(5-3-6)11(8,9)10;;/h6,9H,2-3,11H2,1H3,(H,15,16);2-5H,1H3,(H,8,9,10);2*1H2/t6?,9-;;;/m0.../s1. The van der Waals surface area contributed by atoms with Crippen molar-refractivity contribution in [3.8, 4) is 0 Å². The van der Waals surface area contributed by atoms with Crippen LogP contribution in [0.5, 0.6) is 0 Å². The number of nitrogens with two attached hydrogens (primary N) is 1. The van der Waals surface area contributed by atoms with Gasteiger partial charge in [0.1, 0.15) is 23.7 Å². The number of aliphatic carboxylic acids is 1. The molecule has 1 unspecified atom stereocenters. The zero-order chi connectivity index (χ0) is 21.9. The number of nitrogens with zero attached hydrogens (tertiary/aromatic N) is 1. The maximum atomic E-state index is 11.6. The van der Waals surface area contributed by atoms with E-state index in [1.807, 2.05) is 6.92 Å². The molecule has 0 aliphatic carbocycles. The summed E-state index contributed by atoms with van der Waals surface area (Å²) >= 11 is 1.37. The smallest absolute Gasteiger partial charge is 0.352 e. The number of ether oxygens (including phenoxy) is 1. The van der Waals surface area contributed by atoms with Gasteiger partial charge < -0.3 is 26.5 Å². The first kappa shape index (κ1) is 28.5. The van der Waals surface area contributed by atoms with Gasteiger partial charge in [0.25, 0.3) is 10.1 Å². The molecule has 0 spiro atoms. The van der Waals surface area contributed by atoms with Crippen molar-refractivity contribution in [1.82, 2.24) is 4.90 Å². The van der Waals surface area contributed by atoms with E-state index < -0.39 is 34.0 Å². The van der Waals surface area contributed by atoms with Crippen LogP contribution in [-0.4, -0.2) is 75.6 Å². The molecule has 12 nitrogen and oxygen atoms in total. The molecule has 2 aliphatic rings. The lowest BCUT2D eigenvalue weighted by Gasteiger charge is -2.47. The number of β-lactam (4-membered cyclic amide) rings is 1. The molecule has 0 radical (unpaired) electrons. The summed E-state index contributed by atoms with van der Waals surface area (Å²) in [4.78, 5) is 34.6. The van der Waals surface area contributed by atoms with Gasteiger partial charge in [0.05, 0.1) is 4.90 Å². The first-order valence-corrected chi connectivity index (χ1v) is 10.8. The molecule has 174 valence electrons. The van der Waals surface area contributed by atoms with Crippen LogP contribution in [0.3, 0.4) is 0 Å². The molecule has 2 heterocycles. The average molecular weight is 481 g/mol. The van der Waals surface area contributed by atoms with Crippen molar-refractivity contribution >= 4 is 39.7 Å². The minimum absolute atomic E-state index is 0. The predicted octanol–water partition coefficient (Wildman–Crippen LogP) is -1.28. The van der Waals surface area contributed by atoms with E-state index in [1.165, 1.54) is 35.7 Å². The van der Waals surface area contributed by atoms with E-state index in [-0.39, 0.29) is 33.5 Å². The van der Waals surface area contributed by atoms with Crippen molar-refractivity contribution < 1.29 is 48.1 Å². The highest BCUT2D eigenvalue weighted by atomic mass is 32.2. The van der Waals surface area contributed by atoms with Crippen LogP contribution in [0.15, 0.2) is 40.4 Å². The molecule has 2 aliphatic heterocycles. The Bertz CT molecular complexity index is 960. The Kier molecular flexibility index (Phi) is 10.3. The predicted molar refractivity (Wildman–Crippen MR) is 111 cm³/mol. The van der Waals surface area contributed by atoms with Gasteiger partial charge in [0.15, 0.2) is 0 Å². The number of thioether (sulfide) groups is 1. The van der Waals surface area contributed by atoms with Gasteiger partial charge in [-0.05, 0) is 19.1 Å². The molecule has 1 aromatic carbocycles. The molecule has 3 rings (SSSR count). The number of rotatable bonds is 4. The van der Waals surface area contributed by atoms with Crippen LogP contribution >= 0.6 is 11.8 Å². The van der Waals surface area contributed by atoms with E-state index in [2.05, 4.69) is 0 Å². The Morgan fingerprint density at radius 3 is 2.26 bits per heavy atom. The third-order valence-electron chi connectivity index (χ3n) is 4.06. The summed E-state index contributed by atoms with van der Waals surface area (Å²) in [6.45, 7) is 2.97. The van der Waals surface area contributed by atoms with Crippen molar-refractivity contribution in [3.05, 3.63) is 41.1 Å². The van der Waals surface area contributed by atoms with Crippen molar-refractivity contribution in [2.24, 2.45) is 5.73 Å². The largest absolute Gasteiger partial charge is 0.477 e. The number of esters is 1. The number of aryl methyl sites for hydroxylation is 1. The molecule has 31 heavy (non-hydrogen) atoms. The summed E-state index contributed by atoms with van der Waals surface area (Å²) in [5.74, 6) is -1.73. The van der Waals surface area contributed by atoms with Crippen LogP contribution < -0.4 is 5.73 Å². The van der Waals surface area contributed by atoms with E-state index in [1.54, 1.807) is 12.1 Å². The van der Waals surface area contributed by atoms with Gasteiger partial charge in [0, 0.05) is 18.2 Å². The Labute approximate surface area is 182 Å². The molecule has 1 saturated heterocycles. The van der Waals surface area contributed by atoms with E-state index in [0.717, 1.165) is 5.56 Å². The lowest BCUT2D eigenvalue weighted by Crippen LogP contribution is -2.68. The second-order valence-electron chi connectivity index (χ2n) is 6.26. The molecule has 0 aromatic heterocycles. The number of benzene rings is 1. The maximum absolute atomic E-state index is 11.6.